The van der Waals surface area contributed by atoms with E-state index < -0.39 is 0 Å². The van der Waals surface area contributed by atoms with Crippen molar-refractivity contribution in [2.75, 3.05) is 31.6 Å². The maximum Gasteiger partial charge on any atom is 0.153 e. The predicted molar refractivity (Wildman–Crippen MR) is 130 cm³/mol. The third-order valence-corrected chi connectivity index (χ3v) is 8.42. The third kappa shape index (κ3) is 4.23. The standard InChI is InChI=1S/C24H32N6O2S/c1-29-9-8-20(28-29)26-21-14-18(23-22-17(25)6-7-19(22)33-24(23)27-21)32-16-4-2-15(3-5-16)30-10-12-31-13-11-30/h8-9,14-17H,2-7,10-13,25H2,1H3,(H,26,27,28)/t15?,16?,17-/m0/s1. The molecule has 1 atom stereocenters. The van der Waals surface area contributed by atoms with Crippen LogP contribution in [0.25, 0.3) is 10.2 Å². The topological polar surface area (TPSA) is 90.5 Å². The van der Waals surface area contributed by atoms with Crippen LogP contribution in [0.5, 0.6) is 5.75 Å². The minimum absolute atomic E-state index is 0.0737. The highest BCUT2D eigenvalue weighted by molar-refractivity contribution is 7.19. The number of pyridine rings is 1. The number of morpholine rings is 1. The lowest BCUT2D eigenvalue weighted by Crippen LogP contribution is -2.46. The number of aryl methyl sites for hydroxylation is 2. The van der Waals surface area contributed by atoms with Crippen LogP contribution in [0.4, 0.5) is 11.6 Å². The molecule has 1 saturated carbocycles. The van der Waals surface area contributed by atoms with Crippen LogP contribution in [-0.2, 0) is 18.2 Å². The SMILES string of the molecule is Cn1ccc(Nc2cc(OC3CCC(N4CCOCC4)CC3)c3c4c(sc3n2)CC[C@@H]4N)n1. The Kier molecular flexibility index (Phi) is 5.73. The summed E-state index contributed by atoms with van der Waals surface area (Å²) in [6, 6.07) is 4.73. The van der Waals surface area contributed by atoms with Crippen LogP contribution in [0.1, 0.15) is 48.6 Å². The molecule has 0 bridgehead atoms. The summed E-state index contributed by atoms with van der Waals surface area (Å²) in [5.41, 5.74) is 7.76. The van der Waals surface area contributed by atoms with Gasteiger partial charge in [-0.25, -0.2) is 4.98 Å². The quantitative estimate of drug-likeness (QED) is 0.589. The van der Waals surface area contributed by atoms with Crippen LogP contribution >= 0.6 is 11.3 Å². The first kappa shape index (κ1) is 21.3. The number of ether oxygens (including phenoxy) is 2. The number of thiophene rings is 1. The van der Waals surface area contributed by atoms with Gasteiger partial charge in [-0.2, -0.15) is 5.10 Å². The molecule has 2 fully saturated rings. The van der Waals surface area contributed by atoms with Gasteiger partial charge in [-0.15, -0.1) is 11.3 Å². The van der Waals surface area contributed by atoms with Crippen molar-refractivity contribution < 1.29 is 9.47 Å². The predicted octanol–water partition coefficient (Wildman–Crippen LogP) is 3.74. The molecule has 3 aromatic heterocycles. The van der Waals surface area contributed by atoms with E-state index in [2.05, 4.69) is 15.3 Å². The van der Waals surface area contributed by atoms with Gasteiger partial charge in [0.05, 0.1) is 24.7 Å². The van der Waals surface area contributed by atoms with Gasteiger partial charge in [0.1, 0.15) is 16.4 Å². The summed E-state index contributed by atoms with van der Waals surface area (Å²) in [4.78, 5) is 9.88. The molecular formula is C24H32N6O2S. The first-order valence-electron chi connectivity index (χ1n) is 12.1. The van der Waals surface area contributed by atoms with Crippen LogP contribution in [0.2, 0.25) is 0 Å². The zero-order valence-electron chi connectivity index (χ0n) is 19.1. The van der Waals surface area contributed by atoms with Gasteiger partial charge in [-0.3, -0.25) is 9.58 Å². The van der Waals surface area contributed by atoms with E-state index in [-0.39, 0.29) is 12.1 Å². The first-order chi connectivity index (χ1) is 16.1. The van der Waals surface area contributed by atoms with Crippen molar-refractivity contribution in [1.29, 1.82) is 0 Å². The number of rotatable bonds is 5. The summed E-state index contributed by atoms with van der Waals surface area (Å²) in [6.45, 7) is 3.84. The maximum atomic E-state index is 6.72. The van der Waals surface area contributed by atoms with Crippen molar-refractivity contribution >= 4 is 33.2 Å². The van der Waals surface area contributed by atoms with Gasteiger partial charge in [-0.1, -0.05) is 0 Å². The van der Waals surface area contributed by atoms with Gasteiger partial charge in [-0.05, 0) is 44.1 Å². The number of anilines is 2. The number of hydrogen-bond donors (Lipinski definition) is 2. The van der Waals surface area contributed by atoms with Gasteiger partial charge in [0.25, 0.3) is 0 Å². The van der Waals surface area contributed by atoms with E-state index in [9.17, 15) is 0 Å². The zero-order valence-corrected chi connectivity index (χ0v) is 19.9. The average Bonchev–Trinajstić information content (AvgIpc) is 3.51. The van der Waals surface area contributed by atoms with Gasteiger partial charge in [0.2, 0.25) is 0 Å². The van der Waals surface area contributed by atoms with E-state index in [0.717, 1.165) is 79.6 Å². The molecule has 176 valence electrons. The van der Waals surface area contributed by atoms with Crippen LogP contribution in [0.15, 0.2) is 18.3 Å². The number of nitrogens with zero attached hydrogens (tertiary/aromatic N) is 4. The third-order valence-electron chi connectivity index (χ3n) is 7.26. The van der Waals surface area contributed by atoms with Crippen molar-refractivity contribution in [3.8, 4) is 5.75 Å². The highest BCUT2D eigenvalue weighted by Crippen LogP contribution is 2.46. The number of fused-ring (bicyclic) bond motifs is 3. The molecule has 1 saturated heterocycles. The van der Waals surface area contributed by atoms with E-state index in [1.807, 2.05) is 25.4 Å². The molecule has 0 spiro atoms. The van der Waals surface area contributed by atoms with E-state index in [4.69, 9.17) is 20.2 Å². The Bertz CT molecular complexity index is 1130. The minimum Gasteiger partial charge on any atom is -0.490 e. The molecule has 33 heavy (non-hydrogen) atoms. The zero-order chi connectivity index (χ0) is 22.4. The smallest absolute Gasteiger partial charge is 0.153 e. The normalized spacial score (nSPS) is 25.9. The molecule has 6 rings (SSSR count). The summed E-state index contributed by atoms with van der Waals surface area (Å²) in [7, 11) is 1.91. The monoisotopic (exact) mass is 468 g/mol. The largest absolute Gasteiger partial charge is 0.490 e. The Morgan fingerprint density at radius 3 is 2.73 bits per heavy atom. The van der Waals surface area contributed by atoms with E-state index in [1.165, 1.54) is 23.3 Å². The fraction of sp³-hybridized carbons (Fsp3) is 0.583. The second kappa shape index (κ2) is 8.87. The van der Waals surface area contributed by atoms with Gasteiger partial charge in [0, 0.05) is 55.4 Å². The molecule has 0 amide bonds. The van der Waals surface area contributed by atoms with Crippen LogP contribution in [0, 0.1) is 0 Å². The first-order valence-corrected chi connectivity index (χ1v) is 12.9. The van der Waals surface area contributed by atoms with Crippen molar-refractivity contribution in [2.24, 2.45) is 12.8 Å². The highest BCUT2D eigenvalue weighted by Gasteiger charge is 2.31. The second-order valence-corrected chi connectivity index (χ2v) is 10.5. The second-order valence-electron chi connectivity index (χ2n) is 9.47. The van der Waals surface area contributed by atoms with Gasteiger partial charge >= 0.3 is 0 Å². The molecule has 8 nitrogen and oxygen atoms in total. The lowest BCUT2D eigenvalue weighted by atomic mass is 9.91. The molecule has 3 N–H and O–H groups in total. The number of nitrogens with one attached hydrogen (secondary N) is 1. The van der Waals surface area contributed by atoms with E-state index >= 15 is 0 Å². The number of nitrogens with two attached hydrogens (primary N) is 1. The van der Waals surface area contributed by atoms with Crippen molar-refractivity contribution in [1.82, 2.24) is 19.7 Å². The van der Waals surface area contributed by atoms with Crippen molar-refractivity contribution in [2.45, 2.75) is 56.7 Å². The summed E-state index contributed by atoms with van der Waals surface area (Å²) in [5.74, 6) is 2.47. The molecule has 0 unspecified atom stereocenters. The lowest BCUT2D eigenvalue weighted by Gasteiger charge is -2.38. The molecule has 3 aliphatic rings. The van der Waals surface area contributed by atoms with Crippen LogP contribution in [-0.4, -0.2) is 58.1 Å². The molecule has 2 aliphatic carbocycles. The minimum atomic E-state index is 0.0737. The summed E-state index contributed by atoms with van der Waals surface area (Å²) in [6.07, 6.45) is 8.70. The average molecular weight is 469 g/mol. The van der Waals surface area contributed by atoms with Gasteiger partial charge in [0.15, 0.2) is 5.82 Å². The molecular weight excluding hydrogens is 436 g/mol. The molecule has 0 aromatic carbocycles. The number of aromatic nitrogens is 3. The van der Waals surface area contributed by atoms with Crippen molar-refractivity contribution in [3.05, 3.63) is 28.8 Å². The Morgan fingerprint density at radius 2 is 1.97 bits per heavy atom. The maximum absolute atomic E-state index is 6.72. The Balaban J connectivity index is 1.25. The fourth-order valence-corrected chi connectivity index (χ4v) is 6.83. The lowest BCUT2D eigenvalue weighted by molar-refractivity contribution is -0.000914. The molecule has 1 aliphatic heterocycles. The summed E-state index contributed by atoms with van der Waals surface area (Å²) in [5, 5.41) is 8.92. The summed E-state index contributed by atoms with van der Waals surface area (Å²) < 4.78 is 14.0. The van der Waals surface area contributed by atoms with Gasteiger partial charge < -0.3 is 20.5 Å². The molecule has 3 aromatic rings. The Labute approximate surface area is 198 Å². The Hall–Kier alpha value is -2.20. The highest BCUT2D eigenvalue weighted by atomic mass is 32.1. The summed E-state index contributed by atoms with van der Waals surface area (Å²) >= 11 is 1.76. The Morgan fingerprint density at radius 1 is 1.15 bits per heavy atom. The van der Waals surface area contributed by atoms with E-state index in [0.29, 0.717) is 6.04 Å². The van der Waals surface area contributed by atoms with E-state index in [1.54, 1.807) is 16.0 Å². The molecule has 4 heterocycles. The van der Waals surface area contributed by atoms with Crippen LogP contribution < -0.4 is 15.8 Å². The fourth-order valence-electron chi connectivity index (χ4n) is 5.56. The van der Waals surface area contributed by atoms with Crippen LogP contribution in [0.3, 0.4) is 0 Å². The molecule has 9 heteroatoms. The van der Waals surface area contributed by atoms with Crippen molar-refractivity contribution in [3.63, 3.8) is 0 Å². The molecule has 0 radical (unpaired) electrons. The number of hydrogen-bond acceptors (Lipinski definition) is 8.